The number of aromatic nitrogens is 2. The fourth-order valence-corrected chi connectivity index (χ4v) is 3.15. The third kappa shape index (κ3) is 3.38. The predicted molar refractivity (Wildman–Crippen MR) is 108 cm³/mol. The van der Waals surface area contributed by atoms with E-state index < -0.39 is 0 Å². The summed E-state index contributed by atoms with van der Waals surface area (Å²) < 4.78 is 11.6. The van der Waals surface area contributed by atoms with Crippen molar-refractivity contribution in [2.45, 2.75) is 20.5 Å². The molecule has 1 heterocycles. The lowest BCUT2D eigenvalue weighted by Crippen LogP contribution is -2.01. The molecule has 0 fully saturated rings. The van der Waals surface area contributed by atoms with E-state index in [9.17, 15) is 0 Å². The molecule has 0 saturated carbocycles. The van der Waals surface area contributed by atoms with Crippen molar-refractivity contribution < 1.29 is 9.47 Å². The SMILES string of the molecule is COc1cc(-c2nc3ccccc3[nH]2)ccc1OCc1cccc(C)c1C. The maximum absolute atomic E-state index is 6.04. The van der Waals surface area contributed by atoms with Crippen LogP contribution in [-0.2, 0) is 6.61 Å². The number of fused-ring (bicyclic) bond motifs is 1. The number of aryl methyl sites for hydroxylation is 1. The van der Waals surface area contributed by atoms with Gasteiger partial charge in [-0.15, -0.1) is 0 Å². The minimum Gasteiger partial charge on any atom is -0.493 e. The summed E-state index contributed by atoms with van der Waals surface area (Å²) in [5.74, 6) is 2.23. The zero-order valence-corrected chi connectivity index (χ0v) is 15.7. The smallest absolute Gasteiger partial charge is 0.161 e. The Labute approximate surface area is 158 Å². The van der Waals surface area contributed by atoms with Crippen LogP contribution in [0.5, 0.6) is 11.5 Å². The van der Waals surface area contributed by atoms with Crippen molar-refractivity contribution in [1.29, 1.82) is 0 Å². The Balaban J connectivity index is 1.60. The first-order valence-corrected chi connectivity index (χ1v) is 8.97. The Bertz CT molecular complexity index is 1070. The maximum Gasteiger partial charge on any atom is 0.161 e. The van der Waals surface area contributed by atoms with E-state index in [4.69, 9.17) is 9.47 Å². The summed E-state index contributed by atoms with van der Waals surface area (Å²) in [4.78, 5) is 8.00. The van der Waals surface area contributed by atoms with Gasteiger partial charge in [-0.05, 0) is 60.9 Å². The van der Waals surface area contributed by atoms with Gasteiger partial charge in [0, 0.05) is 5.56 Å². The Morgan fingerprint density at radius 1 is 0.926 bits per heavy atom. The molecule has 0 radical (unpaired) electrons. The Morgan fingerprint density at radius 3 is 2.59 bits per heavy atom. The highest BCUT2D eigenvalue weighted by Crippen LogP contribution is 2.33. The van der Waals surface area contributed by atoms with Gasteiger partial charge in [0.25, 0.3) is 0 Å². The van der Waals surface area contributed by atoms with Gasteiger partial charge in [-0.2, -0.15) is 0 Å². The fraction of sp³-hybridized carbons (Fsp3) is 0.174. The van der Waals surface area contributed by atoms with Crippen LogP contribution in [0.25, 0.3) is 22.4 Å². The van der Waals surface area contributed by atoms with E-state index in [-0.39, 0.29) is 0 Å². The molecule has 0 aliphatic heterocycles. The summed E-state index contributed by atoms with van der Waals surface area (Å²) in [5.41, 5.74) is 6.63. The highest BCUT2D eigenvalue weighted by atomic mass is 16.5. The normalized spacial score (nSPS) is 10.9. The van der Waals surface area contributed by atoms with Crippen molar-refractivity contribution >= 4 is 11.0 Å². The minimum atomic E-state index is 0.508. The molecule has 0 amide bonds. The summed E-state index contributed by atoms with van der Waals surface area (Å²) >= 11 is 0. The second-order valence-corrected chi connectivity index (χ2v) is 6.62. The van der Waals surface area contributed by atoms with Crippen LogP contribution in [0.1, 0.15) is 16.7 Å². The van der Waals surface area contributed by atoms with E-state index in [1.54, 1.807) is 7.11 Å². The number of rotatable bonds is 5. The first-order chi connectivity index (χ1) is 13.2. The summed E-state index contributed by atoms with van der Waals surface area (Å²) in [6.45, 7) is 4.74. The van der Waals surface area contributed by atoms with E-state index in [0.717, 1.165) is 28.2 Å². The van der Waals surface area contributed by atoms with Gasteiger partial charge >= 0.3 is 0 Å². The third-order valence-corrected chi connectivity index (χ3v) is 4.93. The lowest BCUT2D eigenvalue weighted by molar-refractivity contribution is 0.284. The van der Waals surface area contributed by atoms with Gasteiger partial charge in [-0.3, -0.25) is 0 Å². The van der Waals surface area contributed by atoms with Crippen LogP contribution in [0.2, 0.25) is 0 Å². The zero-order valence-electron chi connectivity index (χ0n) is 15.7. The highest BCUT2D eigenvalue weighted by Gasteiger charge is 2.11. The lowest BCUT2D eigenvalue weighted by atomic mass is 10.0. The number of hydrogen-bond acceptors (Lipinski definition) is 3. The van der Waals surface area contributed by atoms with Gasteiger partial charge in [0.05, 0.1) is 18.1 Å². The van der Waals surface area contributed by atoms with Crippen molar-refractivity contribution in [3.8, 4) is 22.9 Å². The Kier molecular flexibility index (Phi) is 4.55. The molecule has 0 aliphatic carbocycles. The second-order valence-electron chi connectivity index (χ2n) is 6.62. The molecule has 1 aromatic heterocycles. The molecule has 0 bridgehead atoms. The molecule has 0 saturated heterocycles. The number of nitrogens with one attached hydrogen (secondary N) is 1. The fourth-order valence-electron chi connectivity index (χ4n) is 3.15. The molecule has 4 rings (SSSR count). The van der Waals surface area contributed by atoms with E-state index in [1.165, 1.54) is 16.7 Å². The standard InChI is InChI=1S/C23H22N2O2/c1-15-7-6-8-18(16(15)2)14-27-21-12-11-17(13-22(21)26-3)23-24-19-9-4-5-10-20(19)25-23/h4-13H,14H2,1-3H3,(H,24,25). The van der Waals surface area contributed by atoms with Crippen LogP contribution >= 0.6 is 0 Å². The molecular formula is C23H22N2O2. The van der Waals surface area contributed by atoms with Crippen molar-refractivity contribution in [1.82, 2.24) is 9.97 Å². The average molecular weight is 358 g/mol. The van der Waals surface area contributed by atoms with Gasteiger partial charge in [-0.1, -0.05) is 30.3 Å². The molecule has 4 heteroatoms. The van der Waals surface area contributed by atoms with Crippen LogP contribution in [0.15, 0.2) is 60.7 Å². The van der Waals surface area contributed by atoms with Gasteiger partial charge in [0.2, 0.25) is 0 Å². The first-order valence-electron chi connectivity index (χ1n) is 8.97. The lowest BCUT2D eigenvalue weighted by Gasteiger charge is -2.13. The molecule has 1 N–H and O–H groups in total. The molecule has 27 heavy (non-hydrogen) atoms. The molecule has 0 atom stereocenters. The molecule has 0 spiro atoms. The number of methoxy groups -OCH3 is 1. The van der Waals surface area contributed by atoms with Gasteiger partial charge in [0.15, 0.2) is 11.5 Å². The molecule has 136 valence electrons. The van der Waals surface area contributed by atoms with E-state index in [2.05, 4.69) is 42.0 Å². The van der Waals surface area contributed by atoms with Crippen LogP contribution in [0.3, 0.4) is 0 Å². The number of ether oxygens (including phenoxy) is 2. The first kappa shape index (κ1) is 17.2. The molecular weight excluding hydrogens is 336 g/mol. The topological polar surface area (TPSA) is 47.1 Å². The largest absolute Gasteiger partial charge is 0.493 e. The van der Waals surface area contributed by atoms with Crippen LogP contribution in [-0.4, -0.2) is 17.1 Å². The quantitative estimate of drug-likeness (QED) is 0.517. The number of imidazole rings is 1. The van der Waals surface area contributed by atoms with E-state index in [0.29, 0.717) is 12.4 Å². The van der Waals surface area contributed by atoms with Crippen LogP contribution < -0.4 is 9.47 Å². The summed E-state index contributed by atoms with van der Waals surface area (Å²) in [7, 11) is 1.66. The number of aromatic amines is 1. The van der Waals surface area contributed by atoms with Gasteiger partial charge in [0.1, 0.15) is 12.4 Å². The minimum absolute atomic E-state index is 0.508. The average Bonchev–Trinajstić information content (AvgIpc) is 3.13. The third-order valence-electron chi connectivity index (χ3n) is 4.93. The Morgan fingerprint density at radius 2 is 1.78 bits per heavy atom. The molecule has 4 nitrogen and oxygen atoms in total. The van der Waals surface area contributed by atoms with Crippen molar-refractivity contribution in [3.05, 3.63) is 77.4 Å². The van der Waals surface area contributed by atoms with E-state index >= 15 is 0 Å². The highest BCUT2D eigenvalue weighted by molar-refractivity contribution is 5.79. The zero-order chi connectivity index (χ0) is 18.8. The van der Waals surface area contributed by atoms with Crippen molar-refractivity contribution in [3.63, 3.8) is 0 Å². The van der Waals surface area contributed by atoms with Crippen molar-refractivity contribution in [2.24, 2.45) is 0 Å². The summed E-state index contributed by atoms with van der Waals surface area (Å²) in [5, 5.41) is 0. The van der Waals surface area contributed by atoms with Crippen LogP contribution in [0.4, 0.5) is 0 Å². The Hall–Kier alpha value is -3.27. The number of hydrogen-bond donors (Lipinski definition) is 1. The number of benzene rings is 3. The summed E-state index contributed by atoms with van der Waals surface area (Å²) in [6.07, 6.45) is 0. The van der Waals surface area contributed by atoms with Gasteiger partial charge < -0.3 is 14.5 Å². The maximum atomic E-state index is 6.04. The number of H-pyrrole nitrogens is 1. The summed E-state index contributed by atoms with van der Waals surface area (Å²) in [6, 6.07) is 20.1. The molecule has 0 aliphatic rings. The second kappa shape index (κ2) is 7.16. The molecule has 3 aromatic carbocycles. The van der Waals surface area contributed by atoms with Crippen molar-refractivity contribution in [2.75, 3.05) is 7.11 Å². The monoisotopic (exact) mass is 358 g/mol. The molecule has 4 aromatic rings. The predicted octanol–water partition coefficient (Wildman–Crippen LogP) is 5.43. The van der Waals surface area contributed by atoms with Crippen LogP contribution in [0, 0.1) is 13.8 Å². The van der Waals surface area contributed by atoms with Gasteiger partial charge in [-0.25, -0.2) is 4.98 Å². The van der Waals surface area contributed by atoms with E-state index in [1.807, 2.05) is 42.5 Å². The number of nitrogens with zero attached hydrogens (tertiary/aromatic N) is 1. The molecule has 0 unspecified atom stereocenters. The number of para-hydroxylation sites is 2.